The molecule has 1 heterocycles. The molecular weight excluding hydrogens is 158 g/mol. The van der Waals surface area contributed by atoms with Gasteiger partial charge in [-0.3, -0.25) is 4.79 Å². The van der Waals surface area contributed by atoms with E-state index in [1.54, 1.807) is 7.11 Å². The first-order valence-electron chi connectivity index (χ1n) is 4.18. The van der Waals surface area contributed by atoms with E-state index in [9.17, 15) is 4.79 Å². The van der Waals surface area contributed by atoms with Crippen molar-refractivity contribution in [3.05, 3.63) is 0 Å². The second-order valence-corrected chi connectivity index (χ2v) is 3.12. The van der Waals surface area contributed by atoms with Gasteiger partial charge in [0.25, 0.3) is 0 Å². The van der Waals surface area contributed by atoms with Crippen molar-refractivity contribution in [2.75, 3.05) is 33.4 Å². The van der Waals surface area contributed by atoms with Gasteiger partial charge in [0.05, 0.1) is 12.5 Å². The van der Waals surface area contributed by atoms with Crippen molar-refractivity contribution in [3.63, 3.8) is 0 Å². The molecule has 1 aliphatic heterocycles. The van der Waals surface area contributed by atoms with Crippen LogP contribution in [0.4, 0.5) is 0 Å². The molecule has 1 saturated heterocycles. The van der Waals surface area contributed by atoms with Crippen molar-refractivity contribution in [2.45, 2.75) is 6.42 Å². The van der Waals surface area contributed by atoms with Crippen LogP contribution in [0.15, 0.2) is 0 Å². The van der Waals surface area contributed by atoms with E-state index >= 15 is 0 Å². The maximum Gasteiger partial charge on any atom is 0.307 e. The van der Waals surface area contributed by atoms with Gasteiger partial charge in [-0.1, -0.05) is 0 Å². The summed E-state index contributed by atoms with van der Waals surface area (Å²) in [5.41, 5.74) is 0. The van der Waals surface area contributed by atoms with Gasteiger partial charge in [0.2, 0.25) is 0 Å². The molecule has 0 aromatic heterocycles. The predicted octanol–water partition coefficient (Wildman–Crippen LogP) is 0.0393. The Morgan fingerprint density at radius 1 is 1.75 bits per heavy atom. The zero-order chi connectivity index (χ0) is 8.97. The van der Waals surface area contributed by atoms with Gasteiger partial charge in [0, 0.05) is 20.2 Å². The van der Waals surface area contributed by atoms with Gasteiger partial charge in [-0.25, -0.2) is 0 Å². The quantitative estimate of drug-likeness (QED) is 0.652. The average molecular weight is 173 g/mol. The highest BCUT2D eigenvalue weighted by molar-refractivity contribution is 5.70. The number of carboxylic acid groups (broad SMARTS) is 1. The highest BCUT2D eigenvalue weighted by atomic mass is 16.5. The summed E-state index contributed by atoms with van der Waals surface area (Å²) in [6.45, 7) is 3.10. The molecule has 0 aromatic rings. The highest BCUT2D eigenvalue weighted by Crippen LogP contribution is 2.15. The lowest BCUT2D eigenvalue weighted by Gasteiger charge is -2.13. The summed E-state index contributed by atoms with van der Waals surface area (Å²) in [5, 5.41) is 8.70. The fourth-order valence-electron chi connectivity index (χ4n) is 1.46. The summed E-state index contributed by atoms with van der Waals surface area (Å²) in [4.78, 5) is 12.7. The molecule has 0 radical (unpaired) electrons. The van der Waals surface area contributed by atoms with E-state index in [1.807, 2.05) is 0 Å². The number of ether oxygens (including phenoxy) is 1. The lowest BCUT2D eigenvalue weighted by Crippen LogP contribution is -2.26. The molecule has 1 aliphatic rings. The van der Waals surface area contributed by atoms with Crippen molar-refractivity contribution < 1.29 is 14.6 Å². The third-order valence-electron chi connectivity index (χ3n) is 2.23. The van der Waals surface area contributed by atoms with Crippen molar-refractivity contribution in [1.29, 1.82) is 0 Å². The number of likely N-dealkylation sites (tertiary alicyclic amines) is 1. The van der Waals surface area contributed by atoms with Crippen LogP contribution in [0, 0.1) is 5.92 Å². The largest absolute Gasteiger partial charge is 0.481 e. The summed E-state index contributed by atoms with van der Waals surface area (Å²) < 4.78 is 4.91. The van der Waals surface area contributed by atoms with Crippen LogP contribution in [0.5, 0.6) is 0 Å². The van der Waals surface area contributed by atoms with Crippen molar-refractivity contribution in [1.82, 2.24) is 4.90 Å². The maximum absolute atomic E-state index is 10.6. The number of hydrogen-bond donors (Lipinski definition) is 1. The molecule has 0 amide bonds. The Balaban J connectivity index is 2.21. The van der Waals surface area contributed by atoms with E-state index < -0.39 is 5.97 Å². The van der Waals surface area contributed by atoms with Gasteiger partial charge < -0.3 is 14.7 Å². The smallest absolute Gasteiger partial charge is 0.307 e. The summed E-state index contributed by atoms with van der Waals surface area (Å²) in [6, 6.07) is 0. The van der Waals surface area contributed by atoms with E-state index in [2.05, 4.69) is 4.90 Å². The Hall–Kier alpha value is -0.610. The maximum atomic E-state index is 10.6. The molecule has 1 fully saturated rings. The molecule has 0 aromatic carbocycles. The zero-order valence-corrected chi connectivity index (χ0v) is 7.32. The summed E-state index contributed by atoms with van der Waals surface area (Å²) in [7, 11) is 1.66. The van der Waals surface area contributed by atoms with Gasteiger partial charge in [0.15, 0.2) is 0 Å². The highest BCUT2D eigenvalue weighted by Gasteiger charge is 2.27. The van der Waals surface area contributed by atoms with E-state index in [4.69, 9.17) is 9.84 Å². The first kappa shape index (κ1) is 9.48. The minimum atomic E-state index is -0.671. The first-order valence-corrected chi connectivity index (χ1v) is 4.18. The van der Waals surface area contributed by atoms with E-state index in [0.717, 1.165) is 19.5 Å². The Labute approximate surface area is 72.1 Å². The Morgan fingerprint density at radius 3 is 3.00 bits per heavy atom. The molecule has 70 valence electrons. The fourth-order valence-corrected chi connectivity index (χ4v) is 1.46. The van der Waals surface area contributed by atoms with Crippen molar-refractivity contribution in [3.8, 4) is 0 Å². The molecule has 12 heavy (non-hydrogen) atoms. The molecule has 4 nitrogen and oxygen atoms in total. The molecule has 1 atom stereocenters. The molecule has 4 heteroatoms. The minimum Gasteiger partial charge on any atom is -0.481 e. The van der Waals surface area contributed by atoms with Gasteiger partial charge in [0.1, 0.15) is 0 Å². The van der Waals surface area contributed by atoms with Crippen LogP contribution < -0.4 is 0 Å². The number of methoxy groups -OCH3 is 1. The fraction of sp³-hybridized carbons (Fsp3) is 0.875. The van der Waals surface area contributed by atoms with Crippen LogP contribution >= 0.6 is 0 Å². The Morgan fingerprint density at radius 2 is 2.50 bits per heavy atom. The standard InChI is InChI=1S/C8H15NO3/c1-12-5-4-9-3-2-7(6-9)8(10)11/h7H,2-6H2,1H3,(H,10,11). The third kappa shape index (κ3) is 2.46. The average Bonchev–Trinajstić information content (AvgIpc) is 2.48. The Bertz CT molecular complexity index is 160. The monoisotopic (exact) mass is 173 g/mol. The molecule has 0 saturated carbocycles. The lowest BCUT2D eigenvalue weighted by atomic mass is 10.1. The van der Waals surface area contributed by atoms with Crippen LogP contribution in [0.2, 0.25) is 0 Å². The van der Waals surface area contributed by atoms with Gasteiger partial charge in [-0.2, -0.15) is 0 Å². The van der Waals surface area contributed by atoms with Crippen LogP contribution in [-0.4, -0.2) is 49.3 Å². The van der Waals surface area contributed by atoms with Crippen molar-refractivity contribution >= 4 is 5.97 Å². The SMILES string of the molecule is COCCN1CCC(C(=O)O)C1. The summed E-state index contributed by atoms with van der Waals surface area (Å²) in [6.07, 6.45) is 0.777. The number of carboxylic acids is 1. The molecule has 0 spiro atoms. The van der Waals surface area contributed by atoms with Gasteiger partial charge in [-0.05, 0) is 13.0 Å². The van der Waals surface area contributed by atoms with E-state index in [1.165, 1.54) is 0 Å². The van der Waals surface area contributed by atoms with Crippen LogP contribution in [0.25, 0.3) is 0 Å². The van der Waals surface area contributed by atoms with E-state index in [0.29, 0.717) is 13.2 Å². The number of nitrogens with zero attached hydrogens (tertiary/aromatic N) is 1. The second-order valence-electron chi connectivity index (χ2n) is 3.12. The molecular formula is C8H15NO3. The second kappa shape index (κ2) is 4.42. The summed E-state index contributed by atoms with van der Waals surface area (Å²) in [5.74, 6) is -0.836. The first-order chi connectivity index (χ1) is 5.74. The summed E-state index contributed by atoms with van der Waals surface area (Å²) >= 11 is 0. The van der Waals surface area contributed by atoms with Gasteiger partial charge in [-0.15, -0.1) is 0 Å². The zero-order valence-electron chi connectivity index (χ0n) is 7.32. The topological polar surface area (TPSA) is 49.8 Å². The Kier molecular flexibility index (Phi) is 3.49. The lowest BCUT2D eigenvalue weighted by molar-refractivity contribution is -0.141. The minimum absolute atomic E-state index is 0.165. The van der Waals surface area contributed by atoms with Crippen molar-refractivity contribution in [2.24, 2.45) is 5.92 Å². The molecule has 1 rings (SSSR count). The molecule has 1 N–H and O–H groups in total. The molecule has 1 unspecified atom stereocenters. The molecule has 0 aliphatic carbocycles. The van der Waals surface area contributed by atoms with Gasteiger partial charge >= 0.3 is 5.97 Å². The van der Waals surface area contributed by atoms with Crippen LogP contribution in [0.1, 0.15) is 6.42 Å². The molecule has 0 bridgehead atoms. The number of hydrogen-bond acceptors (Lipinski definition) is 3. The van der Waals surface area contributed by atoms with Crippen LogP contribution in [-0.2, 0) is 9.53 Å². The number of rotatable bonds is 4. The van der Waals surface area contributed by atoms with Crippen LogP contribution in [0.3, 0.4) is 0 Å². The number of aliphatic carboxylic acids is 1. The normalized spacial score (nSPS) is 24.6. The number of carbonyl (C=O) groups is 1. The third-order valence-corrected chi connectivity index (χ3v) is 2.23. The predicted molar refractivity (Wildman–Crippen MR) is 44.1 cm³/mol. The van der Waals surface area contributed by atoms with E-state index in [-0.39, 0.29) is 5.92 Å².